The fourth-order valence-electron chi connectivity index (χ4n) is 0.976. The summed E-state index contributed by atoms with van der Waals surface area (Å²) in [6, 6.07) is 0. The molecule has 86 valence electrons. The summed E-state index contributed by atoms with van der Waals surface area (Å²) in [5.74, 6) is 0.256. The van der Waals surface area contributed by atoms with Gasteiger partial charge in [-0.25, -0.2) is 8.42 Å². The van der Waals surface area contributed by atoms with Crippen LogP contribution in [0, 0.1) is 5.41 Å². The first kappa shape index (κ1) is 13.9. The highest BCUT2D eigenvalue weighted by atomic mass is 32.2. The summed E-state index contributed by atoms with van der Waals surface area (Å²) in [6.45, 7) is 8.20. The molecule has 0 aromatic rings. The zero-order valence-electron chi connectivity index (χ0n) is 9.71. The molecule has 0 aliphatic rings. The van der Waals surface area contributed by atoms with Crippen molar-refractivity contribution in [2.45, 2.75) is 45.8 Å². The maximum Gasteiger partial charge on any atom is 0.152 e. The standard InChI is InChI=1S/C10H23NO2S/c1-5-9(2)14(12,13)7-6-10(3,4)8-11/h9H,5-8,11H2,1-4H3. The van der Waals surface area contributed by atoms with E-state index in [-0.39, 0.29) is 16.4 Å². The van der Waals surface area contributed by atoms with Crippen molar-refractivity contribution < 1.29 is 8.42 Å². The number of hydrogen-bond acceptors (Lipinski definition) is 3. The molecule has 2 N–H and O–H groups in total. The predicted molar refractivity (Wildman–Crippen MR) is 61.0 cm³/mol. The van der Waals surface area contributed by atoms with Crippen LogP contribution in [0.25, 0.3) is 0 Å². The highest BCUT2D eigenvalue weighted by Gasteiger charge is 2.23. The van der Waals surface area contributed by atoms with Crippen molar-refractivity contribution in [2.75, 3.05) is 12.3 Å². The fourth-order valence-corrected chi connectivity index (χ4v) is 2.72. The molecule has 0 amide bonds. The molecular formula is C10H23NO2S. The second-order valence-corrected chi connectivity index (χ2v) is 7.24. The van der Waals surface area contributed by atoms with E-state index >= 15 is 0 Å². The van der Waals surface area contributed by atoms with Gasteiger partial charge in [-0.2, -0.15) is 0 Å². The third-order valence-corrected chi connectivity index (χ3v) is 5.14. The summed E-state index contributed by atoms with van der Waals surface area (Å²) in [5.41, 5.74) is 5.48. The molecule has 4 heteroatoms. The van der Waals surface area contributed by atoms with Crippen LogP contribution in [0.15, 0.2) is 0 Å². The molecule has 0 radical (unpaired) electrons. The first-order valence-electron chi connectivity index (χ1n) is 5.17. The molecule has 0 heterocycles. The van der Waals surface area contributed by atoms with Gasteiger partial charge >= 0.3 is 0 Å². The lowest BCUT2D eigenvalue weighted by Crippen LogP contribution is -2.29. The van der Waals surface area contributed by atoms with Gasteiger partial charge in [0.25, 0.3) is 0 Å². The van der Waals surface area contributed by atoms with Crippen LogP contribution in [0.3, 0.4) is 0 Å². The Balaban J connectivity index is 4.27. The topological polar surface area (TPSA) is 60.2 Å². The normalized spacial score (nSPS) is 15.5. The van der Waals surface area contributed by atoms with Crippen molar-refractivity contribution >= 4 is 9.84 Å². The minimum absolute atomic E-state index is 0.0689. The summed E-state index contributed by atoms with van der Waals surface area (Å²) in [5, 5.41) is -0.226. The molecule has 0 rings (SSSR count). The van der Waals surface area contributed by atoms with Crippen molar-refractivity contribution in [1.82, 2.24) is 0 Å². The molecule has 3 nitrogen and oxygen atoms in total. The number of nitrogens with two attached hydrogens (primary N) is 1. The lowest BCUT2D eigenvalue weighted by atomic mass is 9.91. The highest BCUT2D eigenvalue weighted by molar-refractivity contribution is 7.91. The van der Waals surface area contributed by atoms with E-state index in [0.717, 1.165) is 0 Å². The molecule has 0 fully saturated rings. The van der Waals surface area contributed by atoms with E-state index in [1.54, 1.807) is 6.92 Å². The van der Waals surface area contributed by atoms with Crippen LogP contribution in [0.5, 0.6) is 0 Å². The number of rotatable bonds is 6. The molecule has 0 spiro atoms. The summed E-state index contributed by atoms with van der Waals surface area (Å²) >= 11 is 0. The van der Waals surface area contributed by atoms with Crippen LogP contribution >= 0.6 is 0 Å². The monoisotopic (exact) mass is 221 g/mol. The largest absolute Gasteiger partial charge is 0.330 e. The van der Waals surface area contributed by atoms with Crippen LogP contribution < -0.4 is 5.73 Å². The number of hydrogen-bond donors (Lipinski definition) is 1. The van der Waals surface area contributed by atoms with Gasteiger partial charge in [-0.05, 0) is 31.7 Å². The van der Waals surface area contributed by atoms with E-state index in [9.17, 15) is 8.42 Å². The third-order valence-electron chi connectivity index (χ3n) is 2.80. The van der Waals surface area contributed by atoms with Crippen LogP contribution in [0.2, 0.25) is 0 Å². The lowest BCUT2D eigenvalue weighted by molar-refractivity contribution is 0.364. The maximum atomic E-state index is 11.7. The van der Waals surface area contributed by atoms with Crippen LogP contribution in [0.4, 0.5) is 0 Å². The fraction of sp³-hybridized carbons (Fsp3) is 1.00. The third kappa shape index (κ3) is 4.42. The molecule has 0 bridgehead atoms. The summed E-state index contributed by atoms with van der Waals surface area (Å²) in [6.07, 6.45) is 1.33. The Morgan fingerprint density at radius 1 is 1.36 bits per heavy atom. The Labute approximate surface area is 88.0 Å². The van der Waals surface area contributed by atoms with E-state index in [2.05, 4.69) is 0 Å². The molecule has 0 saturated heterocycles. The average Bonchev–Trinajstić information content (AvgIpc) is 2.14. The molecule has 0 aromatic heterocycles. The van der Waals surface area contributed by atoms with Crippen molar-refractivity contribution in [1.29, 1.82) is 0 Å². The minimum Gasteiger partial charge on any atom is -0.330 e. The highest BCUT2D eigenvalue weighted by Crippen LogP contribution is 2.20. The van der Waals surface area contributed by atoms with Crippen LogP contribution in [-0.2, 0) is 9.84 Å². The van der Waals surface area contributed by atoms with E-state index < -0.39 is 9.84 Å². The minimum atomic E-state index is -2.91. The maximum absolute atomic E-state index is 11.7. The molecule has 0 aliphatic heterocycles. The van der Waals surface area contributed by atoms with Crippen LogP contribution in [-0.4, -0.2) is 26.0 Å². The Morgan fingerprint density at radius 3 is 2.21 bits per heavy atom. The van der Waals surface area contributed by atoms with Gasteiger partial charge < -0.3 is 5.73 Å². The predicted octanol–water partition coefficient (Wildman–Crippen LogP) is 1.57. The first-order chi connectivity index (χ1) is 6.25. The quantitative estimate of drug-likeness (QED) is 0.740. The van der Waals surface area contributed by atoms with Gasteiger partial charge in [0.1, 0.15) is 0 Å². The molecule has 0 saturated carbocycles. The molecule has 1 unspecified atom stereocenters. The SMILES string of the molecule is CCC(C)S(=O)(=O)CCC(C)(C)CN. The van der Waals surface area contributed by atoms with Gasteiger partial charge in [0, 0.05) is 0 Å². The summed E-state index contributed by atoms with van der Waals surface area (Å²) in [7, 11) is -2.91. The summed E-state index contributed by atoms with van der Waals surface area (Å²) < 4.78 is 23.4. The molecular weight excluding hydrogens is 198 g/mol. The van der Waals surface area contributed by atoms with Crippen molar-refractivity contribution in [3.8, 4) is 0 Å². The molecule has 0 aliphatic carbocycles. The smallest absolute Gasteiger partial charge is 0.152 e. The Bertz CT molecular complexity index is 257. The van der Waals surface area contributed by atoms with Crippen molar-refractivity contribution in [3.05, 3.63) is 0 Å². The molecule has 0 aromatic carbocycles. The lowest BCUT2D eigenvalue weighted by Gasteiger charge is -2.22. The number of sulfone groups is 1. The van der Waals surface area contributed by atoms with Crippen molar-refractivity contribution in [2.24, 2.45) is 11.1 Å². The van der Waals surface area contributed by atoms with E-state index in [1.807, 2.05) is 20.8 Å². The van der Waals surface area contributed by atoms with Crippen LogP contribution in [0.1, 0.15) is 40.5 Å². The zero-order chi connectivity index (χ0) is 11.4. The van der Waals surface area contributed by atoms with Gasteiger partial charge in [0.15, 0.2) is 9.84 Å². The zero-order valence-corrected chi connectivity index (χ0v) is 10.5. The van der Waals surface area contributed by atoms with Gasteiger partial charge in [-0.15, -0.1) is 0 Å². The Morgan fingerprint density at radius 2 is 1.86 bits per heavy atom. The second-order valence-electron chi connectivity index (χ2n) is 4.70. The van der Waals surface area contributed by atoms with E-state index in [4.69, 9.17) is 5.73 Å². The van der Waals surface area contributed by atoms with Gasteiger partial charge in [-0.1, -0.05) is 20.8 Å². The van der Waals surface area contributed by atoms with Gasteiger partial charge in [0.2, 0.25) is 0 Å². The molecule has 1 atom stereocenters. The Hall–Kier alpha value is -0.0900. The molecule has 14 heavy (non-hydrogen) atoms. The first-order valence-corrected chi connectivity index (χ1v) is 6.88. The second kappa shape index (κ2) is 5.12. The van der Waals surface area contributed by atoms with Gasteiger partial charge in [0.05, 0.1) is 11.0 Å². The summed E-state index contributed by atoms with van der Waals surface area (Å²) in [4.78, 5) is 0. The van der Waals surface area contributed by atoms with E-state index in [1.165, 1.54) is 0 Å². The Kier molecular flexibility index (Phi) is 5.09. The average molecular weight is 221 g/mol. The van der Waals surface area contributed by atoms with Crippen molar-refractivity contribution in [3.63, 3.8) is 0 Å². The van der Waals surface area contributed by atoms with Gasteiger partial charge in [-0.3, -0.25) is 0 Å². The van der Waals surface area contributed by atoms with E-state index in [0.29, 0.717) is 19.4 Å².